The average Bonchev–Trinajstić information content (AvgIpc) is 2.48. The Morgan fingerprint density at radius 2 is 2.05 bits per heavy atom. The maximum atomic E-state index is 11.8. The fourth-order valence-electron chi connectivity index (χ4n) is 1.83. The molecule has 0 saturated carbocycles. The van der Waals surface area contributed by atoms with E-state index in [1.54, 1.807) is 6.21 Å². The highest BCUT2D eigenvalue weighted by molar-refractivity contribution is 9.10. The van der Waals surface area contributed by atoms with Gasteiger partial charge in [-0.15, -0.1) is 0 Å². The van der Waals surface area contributed by atoms with Gasteiger partial charge in [-0.05, 0) is 58.6 Å². The Labute approximate surface area is 138 Å². The third-order valence-corrected chi connectivity index (χ3v) is 3.71. The normalized spacial score (nSPS) is 10.7. The Morgan fingerprint density at radius 1 is 1.27 bits per heavy atom. The summed E-state index contributed by atoms with van der Waals surface area (Å²) < 4.78 is 0.837. The van der Waals surface area contributed by atoms with Crippen molar-refractivity contribution in [3.8, 4) is 0 Å². The van der Waals surface area contributed by atoms with Gasteiger partial charge in [0, 0.05) is 4.47 Å². The van der Waals surface area contributed by atoms with Crippen LogP contribution >= 0.6 is 15.9 Å². The van der Waals surface area contributed by atoms with E-state index in [0.717, 1.165) is 21.2 Å². The van der Waals surface area contributed by atoms with Crippen molar-refractivity contribution < 1.29 is 9.63 Å². The minimum atomic E-state index is -0.258. The van der Waals surface area contributed by atoms with Crippen molar-refractivity contribution in [3.05, 3.63) is 63.6 Å². The highest BCUT2D eigenvalue weighted by Gasteiger charge is 2.06. The summed E-state index contributed by atoms with van der Waals surface area (Å²) in [6, 6.07) is 13.5. The second-order valence-corrected chi connectivity index (χ2v) is 5.75. The van der Waals surface area contributed by atoms with E-state index in [2.05, 4.69) is 26.4 Å². The Morgan fingerprint density at radius 3 is 2.77 bits per heavy atom. The molecule has 1 N–H and O–H groups in total. The average molecular weight is 361 g/mol. The number of benzene rings is 2. The first-order valence-electron chi connectivity index (χ1n) is 6.83. The zero-order chi connectivity index (χ0) is 15.9. The molecule has 0 spiro atoms. The second kappa shape index (κ2) is 7.75. The predicted molar refractivity (Wildman–Crippen MR) is 92.2 cm³/mol. The first-order chi connectivity index (χ1) is 10.6. The number of rotatable bonds is 5. The lowest BCUT2D eigenvalue weighted by molar-refractivity contribution is -0.120. The Kier molecular flexibility index (Phi) is 5.72. The van der Waals surface area contributed by atoms with Gasteiger partial charge in [-0.1, -0.05) is 35.5 Å². The number of hydrogen-bond donors (Lipinski definition) is 1. The summed E-state index contributed by atoms with van der Waals surface area (Å²) in [5, 5.41) is 6.59. The van der Waals surface area contributed by atoms with Gasteiger partial charge in [-0.25, -0.2) is 0 Å². The second-order valence-electron chi connectivity index (χ2n) is 4.90. The zero-order valence-corrected chi connectivity index (χ0v) is 14.1. The van der Waals surface area contributed by atoms with Gasteiger partial charge < -0.3 is 10.2 Å². The number of amides is 1. The highest BCUT2D eigenvalue weighted by Crippen LogP contribution is 2.23. The smallest absolute Gasteiger partial charge is 0.265 e. The van der Waals surface area contributed by atoms with Crippen molar-refractivity contribution in [2.75, 3.05) is 11.9 Å². The standard InChI is InChI=1S/C17H17BrN2O2/c1-12-7-8-16(15(18)9-12)20-17(21)11-22-19-10-14-6-4-3-5-13(14)2/h3-10H,11H2,1-2H3,(H,20,21)/b19-10-. The molecular weight excluding hydrogens is 344 g/mol. The van der Waals surface area contributed by atoms with Crippen molar-refractivity contribution in [3.63, 3.8) is 0 Å². The maximum Gasteiger partial charge on any atom is 0.265 e. The van der Waals surface area contributed by atoms with Gasteiger partial charge >= 0.3 is 0 Å². The summed E-state index contributed by atoms with van der Waals surface area (Å²) >= 11 is 3.41. The van der Waals surface area contributed by atoms with Crippen molar-refractivity contribution >= 4 is 33.7 Å². The molecule has 0 radical (unpaired) electrons. The van der Waals surface area contributed by atoms with Gasteiger partial charge in [0.1, 0.15) is 0 Å². The Balaban J connectivity index is 1.84. The highest BCUT2D eigenvalue weighted by atomic mass is 79.9. The van der Waals surface area contributed by atoms with Gasteiger partial charge in [-0.3, -0.25) is 4.79 Å². The number of oxime groups is 1. The number of nitrogens with zero attached hydrogens (tertiary/aromatic N) is 1. The van der Waals surface area contributed by atoms with E-state index in [9.17, 15) is 4.79 Å². The van der Waals surface area contributed by atoms with Gasteiger partial charge in [0.15, 0.2) is 6.61 Å². The van der Waals surface area contributed by atoms with Crippen LogP contribution in [-0.4, -0.2) is 18.7 Å². The Hall–Kier alpha value is -2.14. The van der Waals surface area contributed by atoms with Crippen LogP contribution in [0.1, 0.15) is 16.7 Å². The molecule has 0 aromatic heterocycles. The number of halogens is 1. The number of anilines is 1. The molecule has 0 bridgehead atoms. The van der Waals surface area contributed by atoms with Crippen LogP contribution in [0.5, 0.6) is 0 Å². The number of nitrogens with one attached hydrogen (secondary N) is 1. The predicted octanol–water partition coefficient (Wildman–Crippen LogP) is 4.06. The summed E-state index contributed by atoms with van der Waals surface area (Å²) in [4.78, 5) is 16.8. The lowest BCUT2D eigenvalue weighted by Gasteiger charge is -2.07. The van der Waals surface area contributed by atoms with E-state index >= 15 is 0 Å². The zero-order valence-electron chi connectivity index (χ0n) is 12.5. The van der Waals surface area contributed by atoms with Gasteiger partial charge in [0.25, 0.3) is 5.91 Å². The van der Waals surface area contributed by atoms with E-state index in [-0.39, 0.29) is 12.5 Å². The molecular formula is C17H17BrN2O2. The fourth-order valence-corrected chi connectivity index (χ4v) is 2.42. The van der Waals surface area contributed by atoms with E-state index in [1.165, 1.54) is 0 Å². The topological polar surface area (TPSA) is 50.7 Å². The van der Waals surface area contributed by atoms with Crippen LogP contribution in [0.25, 0.3) is 0 Å². The number of carbonyl (C=O) groups is 1. The van der Waals surface area contributed by atoms with Crippen molar-refractivity contribution in [2.45, 2.75) is 13.8 Å². The molecule has 2 rings (SSSR count). The molecule has 0 fully saturated rings. The molecule has 4 nitrogen and oxygen atoms in total. The maximum absolute atomic E-state index is 11.8. The van der Waals surface area contributed by atoms with Crippen molar-refractivity contribution in [1.82, 2.24) is 0 Å². The molecule has 5 heteroatoms. The van der Waals surface area contributed by atoms with E-state index < -0.39 is 0 Å². The molecule has 0 atom stereocenters. The van der Waals surface area contributed by atoms with E-state index in [1.807, 2.05) is 56.3 Å². The monoisotopic (exact) mass is 360 g/mol. The van der Waals surface area contributed by atoms with Crippen LogP contribution in [0.2, 0.25) is 0 Å². The first-order valence-corrected chi connectivity index (χ1v) is 7.62. The lowest BCUT2D eigenvalue weighted by Crippen LogP contribution is -2.17. The molecule has 2 aromatic carbocycles. The molecule has 0 aliphatic carbocycles. The molecule has 1 amide bonds. The van der Waals surface area contributed by atoms with Crippen molar-refractivity contribution in [1.29, 1.82) is 0 Å². The van der Waals surface area contributed by atoms with E-state index in [4.69, 9.17) is 4.84 Å². The molecule has 114 valence electrons. The molecule has 0 saturated heterocycles. The molecule has 22 heavy (non-hydrogen) atoms. The summed E-state index contributed by atoms with van der Waals surface area (Å²) in [6.07, 6.45) is 1.60. The molecule has 2 aromatic rings. The lowest BCUT2D eigenvalue weighted by atomic mass is 10.1. The van der Waals surface area contributed by atoms with Crippen LogP contribution in [0.4, 0.5) is 5.69 Å². The van der Waals surface area contributed by atoms with Gasteiger partial charge in [-0.2, -0.15) is 0 Å². The quantitative estimate of drug-likeness (QED) is 0.645. The SMILES string of the molecule is Cc1ccc(NC(=O)CO/N=C\c2ccccc2C)c(Br)c1. The third kappa shape index (κ3) is 4.70. The summed E-state index contributed by atoms with van der Waals surface area (Å²) in [5.41, 5.74) is 3.89. The van der Waals surface area contributed by atoms with Crippen LogP contribution in [0, 0.1) is 13.8 Å². The molecule has 0 aliphatic heterocycles. The minimum absolute atomic E-state index is 0.136. The summed E-state index contributed by atoms with van der Waals surface area (Å²) in [6.45, 7) is 3.84. The minimum Gasteiger partial charge on any atom is -0.386 e. The molecule has 0 aliphatic rings. The van der Waals surface area contributed by atoms with Crippen LogP contribution in [-0.2, 0) is 9.63 Å². The Bertz CT molecular complexity index is 699. The number of carbonyl (C=O) groups excluding carboxylic acids is 1. The number of hydrogen-bond acceptors (Lipinski definition) is 3. The third-order valence-electron chi connectivity index (χ3n) is 3.05. The van der Waals surface area contributed by atoms with Gasteiger partial charge in [0.2, 0.25) is 0 Å². The van der Waals surface area contributed by atoms with Crippen LogP contribution in [0.3, 0.4) is 0 Å². The van der Waals surface area contributed by atoms with Gasteiger partial charge in [0.05, 0.1) is 11.9 Å². The van der Waals surface area contributed by atoms with Crippen molar-refractivity contribution in [2.24, 2.45) is 5.16 Å². The first kappa shape index (κ1) is 16.2. The fraction of sp³-hybridized carbons (Fsp3) is 0.176. The number of aryl methyl sites for hydroxylation is 2. The summed E-state index contributed by atoms with van der Waals surface area (Å²) in [5.74, 6) is -0.258. The van der Waals surface area contributed by atoms with Crippen LogP contribution in [0.15, 0.2) is 52.1 Å². The largest absolute Gasteiger partial charge is 0.386 e. The summed E-state index contributed by atoms with van der Waals surface area (Å²) in [7, 11) is 0. The molecule has 0 unspecified atom stereocenters. The molecule has 0 heterocycles. The van der Waals surface area contributed by atoms with E-state index in [0.29, 0.717) is 5.69 Å². The van der Waals surface area contributed by atoms with Crippen LogP contribution < -0.4 is 5.32 Å².